The van der Waals surface area contributed by atoms with Crippen LogP contribution in [0.25, 0.3) is 0 Å². The molecule has 1 aromatic rings. The lowest BCUT2D eigenvalue weighted by molar-refractivity contribution is 0.197. The van der Waals surface area contributed by atoms with Crippen molar-refractivity contribution < 1.29 is 9.47 Å². The molecule has 3 nitrogen and oxygen atoms in total. The largest absolute Gasteiger partial charge is 0.497 e. The lowest BCUT2D eigenvalue weighted by Gasteiger charge is -2.18. The first-order chi connectivity index (χ1) is 10.3. The van der Waals surface area contributed by atoms with E-state index < -0.39 is 0 Å². The molecule has 120 valence electrons. The molecule has 1 rings (SSSR count). The zero-order valence-corrected chi connectivity index (χ0v) is 14.4. The molecule has 21 heavy (non-hydrogen) atoms. The van der Waals surface area contributed by atoms with E-state index in [0.717, 1.165) is 31.9 Å². The Morgan fingerprint density at radius 3 is 2.57 bits per heavy atom. The first kappa shape index (κ1) is 18.3. The molecule has 1 unspecified atom stereocenters. The van der Waals surface area contributed by atoms with Crippen molar-refractivity contribution in [2.45, 2.75) is 19.3 Å². The molecular weight excluding hydrogens is 282 g/mol. The molecule has 0 fully saturated rings. The van der Waals surface area contributed by atoms with Gasteiger partial charge in [-0.25, -0.2) is 0 Å². The van der Waals surface area contributed by atoms with E-state index in [2.05, 4.69) is 23.7 Å². The maximum atomic E-state index is 5.22. The molecule has 0 heterocycles. The summed E-state index contributed by atoms with van der Waals surface area (Å²) in [6.45, 7) is 2.77. The number of nitrogens with one attached hydrogen (secondary N) is 1. The van der Waals surface area contributed by atoms with Crippen LogP contribution in [0.2, 0.25) is 0 Å². The van der Waals surface area contributed by atoms with Gasteiger partial charge in [0.05, 0.1) is 13.7 Å². The van der Waals surface area contributed by atoms with Gasteiger partial charge in [0.2, 0.25) is 0 Å². The van der Waals surface area contributed by atoms with Crippen LogP contribution in [0.5, 0.6) is 5.75 Å². The van der Waals surface area contributed by atoms with Gasteiger partial charge in [0.1, 0.15) is 5.75 Å². The average molecular weight is 311 g/mol. The van der Waals surface area contributed by atoms with E-state index >= 15 is 0 Å². The zero-order valence-electron chi connectivity index (χ0n) is 13.6. The van der Waals surface area contributed by atoms with Crippen LogP contribution in [0.4, 0.5) is 0 Å². The third-order valence-corrected chi connectivity index (χ3v) is 4.26. The number of thioether (sulfide) groups is 1. The Labute approximate surface area is 133 Å². The Hall–Kier alpha value is -0.710. The zero-order chi connectivity index (χ0) is 15.3. The fourth-order valence-electron chi connectivity index (χ4n) is 2.37. The number of hydrogen-bond acceptors (Lipinski definition) is 4. The van der Waals surface area contributed by atoms with Gasteiger partial charge in [0.25, 0.3) is 0 Å². The van der Waals surface area contributed by atoms with Crippen LogP contribution in [-0.2, 0) is 11.2 Å². The molecule has 4 heteroatoms. The Morgan fingerprint density at radius 1 is 1.19 bits per heavy atom. The van der Waals surface area contributed by atoms with Crippen LogP contribution in [-0.4, -0.2) is 45.9 Å². The lowest BCUT2D eigenvalue weighted by atomic mass is 9.95. The van der Waals surface area contributed by atoms with E-state index in [4.69, 9.17) is 9.47 Å². The second kappa shape index (κ2) is 11.9. The van der Waals surface area contributed by atoms with Crippen LogP contribution in [0.15, 0.2) is 24.3 Å². The predicted molar refractivity (Wildman–Crippen MR) is 92.5 cm³/mol. The quantitative estimate of drug-likeness (QED) is 0.600. The summed E-state index contributed by atoms with van der Waals surface area (Å²) in [5.74, 6) is 2.86. The summed E-state index contributed by atoms with van der Waals surface area (Å²) in [7, 11) is 3.45. The minimum absolute atomic E-state index is 0.683. The molecule has 0 radical (unpaired) electrons. The standard InChI is InChI=1S/C17H29NO2S/c1-19-11-10-18-14-16(5-4-12-21-3)13-15-6-8-17(20-2)9-7-15/h6-9,16,18H,4-5,10-14H2,1-3H3. The molecule has 1 aromatic carbocycles. The van der Waals surface area contributed by atoms with Gasteiger partial charge in [0, 0.05) is 13.7 Å². The molecule has 0 saturated heterocycles. The highest BCUT2D eigenvalue weighted by atomic mass is 32.2. The molecule has 0 aliphatic rings. The highest BCUT2D eigenvalue weighted by molar-refractivity contribution is 7.98. The molecule has 1 atom stereocenters. The minimum atomic E-state index is 0.683. The van der Waals surface area contributed by atoms with Gasteiger partial charge in [-0.15, -0.1) is 0 Å². The Balaban J connectivity index is 2.44. The Morgan fingerprint density at radius 2 is 1.95 bits per heavy atom. The Bertz CT molecular complexity index is 356. The van der Waals surface area contributed by atoms with Gasteiger partial charge >= 0.3 is 0 Å². The molecule has 0 saturated carbocycles. The van der Waals surface area contributed by atoms with Gasteiger partial charge in [-0.2, -0.15) is 11.8 Å². The first-order valence-electron chi connectivity index (χ1n) is 7.61. The molecule has 0 spiro atoms. The van der Waals surface area contributed by atoms with Crippen molar-refractivity contribution in [3.8, 4) is 5.75 Å². The maximum Gasteiger partial charge on any atom is 0.118 e. The normalized spacial score (nSPS) is 12.3. The van der Waals surface area contributed by atoms with Crippen LogP contribution in [0.3, 0.4) is 0 Å². The fourth-order valence-corrected chi connectivity index (χ4v) is 2.82. The van der Waals surface area contributed by atoms with Gasteiger partial charge in [0.15, 0.2) is 0 Å². The summed E-state index contributed by atoms with van der Waals surface area (Å²) in [5.41, 5.74) is 1.39. The number of benzene rings is 1. The minimum Gasteiger partial charge on any atom is -0.497 e. The average Bonchev–Trinajstić information content (AvgIpc) is 2.52. The van der Waals surface area contributed by atoms with Crippen molar-refractivity contribution in [3.63, 3.8) is 0 Å². The maximum absolute atomic E-state index is 5.22. The van der Waals surface area contributed by atoms with E-state index in [1.165, 1.54) is 24.2 Å². The van der Waals surface area contributed by atoms with Crippen LogP contribution in [0.1, 0.15) is 18.4 Å². The van der Waals surface area contributed by atoms with E-state index in [1.807, 2.05) is 23.9 Å². The summed E-state index contributed by atoms with van der Waals surface area (Å²) >= 11 is 1.93. The van der Waals surface area contributed by atoms with Gasteiger partial charge in [-0.3, -0.25) is 0 Å². The fraction of sp³-hybridized carbons (Fsp3) is 0.647. The number of ether oxygens (including phenoxy) is 2. The van der Waals surface area contributed by atoms with E-state index in [-0.39, 0.29) is 0 Å². The molecule has 0 aliphatic carbocycles. The third-order valence-electron chi connectivity index (χ3n) is 3.56. The monoisotopic (exact) mass is 311 g/mol. The van der Waals surface area contributed by atoms with Crippen molar-refractivity contribution in [1.82, 2.24) is 5.32 Å². The van der Waals surface area contributed by atoms with Crippen molar-refractivity contribution >= 4 is 11.8 Å². The van der Waals surface area contributed by atoms with Gasteiger partial charge < -0.3 is 14.8 Å². The predicted octanol–water partition coefficient (Wildman–Crippen LogP) is 3.23. The van der Waals surface area contributed by atoms with Crippen LogP contribution >= 0.6 is 11.8 Å². The molecule has 1 N–H and O–H groups in total. The highest BCUT2D eigenvalue weighted by Gasteiger charge is 2.09. The molecule has 0 bridgehead atoms. The van der Waals surface area contributed by atoms with Crippen LogP contribution < -0.4 is 10.1 Å². The second-order valence-corrected chi connectivity index (χ2v) is 6.24. The van der Waals surface area contributed by atoms with Gasteiger partial charge in [-0.05, 0) is 61.4 Å². The SMILES string of the molecule is COCCNCC(CCCSC)Cc1ccc(OC)cc1. The molecule has 0 amide bonds. The van der Waals surface area contributed by atoms with E-state index in [1.54, 1.807) is 14.2 Å². The number of rotatable bonds is 12. The third kappa shape index (κ3) is 8.34. The van der Waals surface area contributed by atoms with Crippen molar-refractivity contribution in [2.24, 2.45) is 5.92 Å². The topological polar surface area (TPSA) is 30.5 Å². The Kier molecular flexibility index (Phi) is 10.4. The van der Waals surface area contributed by atoms with Crippen molar-refractivity contribution in [2.75, 3.05) is 45.9 Å². The number of methoxy groups -OCH3 is 2. The lowest BCUT2D eigenvalue weighted by Crippen LogP contribution is -2.27. The van der Waals surface area contributed by atoms with Crippen molar-refractivity contribution in [1.29, 1.82) is 0 Å². The summed E-state index contributed by atoms with van der Waals surface area (Å²) in [6, 6.07) is 8.45. The van der Waals surface area contributed by atoms with Crippen molar-refractivity contribution in [3.05, 3.63) is 29.8 Å². The summed E-state index contributed by atoms with van der Waals surface area (Å²) in [5, 5.41) is 3.50. The van der Waals surface area contributed by atoms with E-state index in [9.17, 15) is 0 Å². The highest BCUT2D eigenvalue weighted by Crippen LogP contribution is 2.18. The van der Waals surface area contributed by atoms with E-state index in [0.29, 0.717) is 5.92 Å². The first-order valence-corrected chi connectivity index (χ1v) is 9.01. The molecular formula is C17H29NO2S. The number of hydrogen-bond donors (Lipinski definition) is 1. The summed E-state index contributed by atoms with van der Waals surface area (Å²) in [4.78, 5) is 0. The summed E-state index contributed by atoms with van der Waals surface area (Å²) in [6.07, 6.45) is 5.86. The van der Waals surface area contributed by atoms with Crippen LogP contribution in [0, 0.1) is 5.92 Å². The summed E-state index contributed by atoms with van der Waals surface area (Å²) < 4.78 is 10.3. The second-order valence-electron chi connectivity index (χ2n) is 5.25. The molecule has 0 aliphatic heterocycles. The smallest absolute Gasteiger partial charge is 0.118 e. The molecule has 0 aromatic heterocycles. The van der Waals surface area contributed by atoms with Gasteiger partial charge in [-0.1, -0.05) is 12.1 Å².